The fourth-order valence-corrected chi connectivity index (χ4v) is 1.29. The van der Waals surface area contributed by atoms with Gasteiger partial charge in [0.1, 0.15) is 5.82 Å². The molecule has 1 unspecified atom stereocenters. The van der Waals surface area contributed by atoms with E-state index in [4.69, 9.17) is 11.6 Å². The second kappa shape index (κ2) is 5.82. The monoisotopic (exact) mass is 244 g/mol. The maximum absolute atomic E-state index is 13.3. The van der Waals surface area contributed by atoms with Gasteiger partial charge in [-0.15, -0.1) is 0 Å². The topological polar surface area (TPSA) is 41.1 Å². The highest BCUT2D eigenvalue weighted by Gasteiger charge is 2.12. The van der Waals surface area contributed by atoms with Crippen LogP contribution in [0.3, 0.4) is 0 Å². The number of amides is 1. The van der Waals surface area contributed by atoms with E-state index in [-0.39, 0.29) is 11.6 Å². The molecular formula is C11H14ClFN2O. The van der Waals surface area contributed by atoms with E-state index in [0.29, 0.717) is 11.6 Å². The molecule has 0 fully saturated rings. The molecule has 0 aliphatic rings. The average molecular weight is 245 g/mol. The lowest BCUT2D eigenvalue weighted by Gasteiger charge is -2.11. The van der Waals surface area contributed by atoms with E-state index in [9.17, 15) is 9.18 Å². The highest BCUT2D eigenvalue weighted by Crippen LogP contribution is 2.14. The standard InChI is InChI=1S/C11H14ClFN2O/c1-7(14-2)6-15-11(16)9-5-8(12)3-4-10(9)13/h3-5,7,14H,6H2,1-2H3,(H,15,16). The number of halogens is 2. The quantitative estimate of drug-likeness (QED) is 0.848. The van der Waals surface area contributed by atoms with Gasteiger partial charge < -0.3 is 10.6 Å². The minimum Gasteiger partial charge on any atom is -0.350 e. The minimum atomic E-state index is -0.570. The normalized spacial score (nSPS) is 12.2. The van der Waals surface area contributed by atoms with E-state index < -0.39 is 11.7 Å². The van der Waals surface area contributed by atoms with Crippen LogP contribution in [0.2, 0.25) is 5.02 Å². The second-order valence-electron chi connectivity index (χ2n) is 3.52. The molecule has 0 heterocycles. The van der Waals surface area contributed by atoms with Crippen LogP contribution in [-0.2, 0) is 0 Å². The van der Waals surface area contributed by atoms with Crippen LogP contribution in [0.15, 0.2) is 18.2 Å². The van der Waals surface area contributed by atoms with Gasteiger partial charge in [-0.3, -0.25) is 4.79 Å². The summed E-state index contributed by atoms with van der Waals surface area (Å²) >= 11 is 5.69. The molecule has 0 aliphatic carbocycles. The zero-order chi connectivity index (χ0) is 12.1. The molecule has 0 bridgehead atoms. The third kappa shape index (κ3) is 3.47. The van der Waals surface area contributed by atoms with Crippen molar-refractivity contribution in [2.75, 3.05) is 13.6 Å². The number of hydrogen-bond donors (Lipinski definition) is 2. The van der Waals surface area contributed by atoms with Crippen molar-refractivity contribution in [1.82, 2.24) is 10.6 Å². The fourth-order valence-electron chi connectivity index (χ4n) is 1.11. The van der Waals surface area contributed by atoms with Crippen molar-refractivity contribution in [1.29, 1.82) is 0 Å². The summed E-state index contributed by atoms with van der Waals surface area (Å²) in [4.78, 5) is 11.6. The van der Waals surface area contributed by atoms with Gasteiger partial charge in [0.15, 0.2) is 0 Å². The SMILES string of the molecule is CNC(C)CNC(=O)c1cc(Cl)ccc1F. The first-order chi connectivity index (χ1) is 7.54. The lowest BCUT2D eigenvalue weighted by molar-refractivity contribution is 0.0946. The number of nitrogens with one attached hydrogen (secondary N) is 2. The molecular weight excluding hydrogens is 231 g/mol. The molecule has 0 radical (unpaired) electrons. The van der Waals surface area contributed by atoms with Crippen molar-refractivity contribution in [2.45, 2.75) is 13.0 Å². The summed E-state index contributed by atoms with van der Waals surface area (Å²) in [6.45, 7) is 2.34. The van der Waals surface area contributed by atoms with Crippen LogP contribution >= 0.6 is 11.6 Å². The lowest BCUT2D eigenvalue weighted by atomic mass is 10.2. The number of carbonyl (C=O) groups excluding carboxylic acids is 1. The summed E-state index contributed by atoms with van der Waals surface area (Å²) in [6, 6.07) is 4.03. The number of carbonyl (C=O) groups is 1. The van der Waals surface area contributed by atoms with Crippen molar-refractivity contribution in [3.8, 4) is 0 Å². The molecule has 1 atom stereocenters. The van der Waals surface area contributed by atoms with Crippen molar-refractivity contribution in [3.63, 3.8) is 0 Å². The molecule has 0 saturated carbocycles. The Balaban J connectivity index is 2.69. The summed E-state index contributed by atoms with van der Waals surface area (Å²) < 4.78 is 13.3. The first kappa shape index (κ1) is 12.9. The first-order valence-electron chi connectivity index (χ1n) is 4.95. The van der Waals surface area contributed by atoms with Crippen LogP contribution in [0, 0.1) is 5.82 Å². The zero-order valence-electron chi connectivity index (χ0n) is 9.18. The first-order valence-corrected chi connectivity index (χ1v) is 5.33. The van der Waals surface area contributed by atoms with Gasteiger partial charge in [-0.1, -0.05) is 11.6 Å². The Kier molecular flexibility index (Phi) is 4.71. The van der Waals surface area contributed by atoms with Gasteiger partial charge in [0.05, 0.1) is 5.56 Å². The van der Waals surface area contributed by atoms with Crippen molar-refractivity contribution in [2.24, 2.45) is 0 Å². The van der Waals surface area contributed by atoms with E-state index in [1.165, 1.54) is 18.2 Å². The van der Waals surface area contributed by atoms with Crippen molar-refractivity contribution in [3.05, 3.63) is 34.6 Å². The molecule has 16 heavy (non-hydrogen) atoms. The van der Waals surface area contributed by atoms with E-state index in [0.717, 1.165) is 0 Å². The number of likely N-dealkylation sites (N-methyl/N-ethyl adjacent to an activating group) is 1. The van der Waals surface area contributed by atoms with Crippen molar-refractivity contribution >= 4 is 17.5 Å². The largest absolute Gasteiger partial charge is 0.350 e. The van der Waals surface area contributed by atoms with Crippen LogP contribution in [0.1, 0.15) is 17.3 Å². The lowest BCUT2D eigenvalue weighted by Crippen LogP contribution is -2.37. The van der Waals surface area contributed by atoms with Crippen LogP contribution in [0.25, 0.3) is 0 Å². The Labute approximate surface area is 99.0 Å². The molecule has 0 aliphatic heterocycles. The molecule has 1 rings (SSSR count). The Hall–Kier alpha value is -1.13. The van der Waals surface area contributed by atoms with E-state index >= 15 is 0 Å². The molecule has 0 saturated heterocycles. The molecule has 1 aromatic rings. The third-order valence-electron chi connectivity index (χ3n) is 2.23. The number of benzene rings is 1. The molecule has 5 heteroatoms. The van der Waals surface area contributed by atoms with Gasteiger partial charge >= 0.3 is 0 Å². The van der Waals surface area contributed by atoms with E-state index in [2.05, 4.69) is 10.6 Å². The van der Waals surface area contributed by atoms with Crippen LogP contribution in [0.5, 0.6) is 0 Å². The maximum atomic E-state index is 13.3. The second-order valence-corrected chi connectivity index (χ2v) is 3.96. The molecule has 1 amide bonds. The molecule has 88 valence electrons. The Morgan fingerprint density at radius 3 is 2.88 bits per heavy atom. The molecule has 2 N–H and O–H groups in total. The summed E-state index contributed by atoms with van der Waals surface area (Å²) in [5, 5.41) is 5.92. The van der Waals surface area contributed by atoms with Gasteiger partial charge in [0.2, 0.25) is 0 Å². The van der Waals surface area contributed by atoms with Crippen LogP contribution in [-0.4, -0.2) is 25.5 Å². The molecule has 3 nitrogen and oxygen atoms in total. The summed E-state index contributed by atoms with van der Waals surface area (Å²) in [5.74, 6) is -1.03. The highest BCUT2D eigenvalue weighted by molar-refractivity contribution is 6.30. The van der Waals surface area contributed by atoms with Crippen molar-refractivity contribution < 1.29 is 9.18 Å². The Morgan fingerprint density at radius 1 is 1.56 bits per heavy atom. The number of rotatable bonds is 4. The smallest absolute Gasteiger partial charge is 0.254 e. The van der Waals surface area contributed by atoms with Gasteiger partial charge in [-0.05, 0) is 32.2 Å². The van der Waals surface area contributed by atoms with Gasteiger partial charge in [-0.2, -0.15) is 0 Å². The molecule has 1 aromatic carbocycles. The maximum Gasteiger partial charge on any atom is 0.254 e. The summed E-state index contributed by atoms with van der Waals surface area (Å²) in [6.07, 6.45) is 0. The summed E-state index contributed by atoms with van der Waals surface area (Å²) in [5.41, 5.74) is -0.0317. The predicted molar refractivity (Wildman–Crippen MR) is 62.3 cm³/mol. The van der Waals surface area contributed by atoms with Gasteiger partial charge in [0, 0.05) is 17.6 Å². The van der Waals surface area contributed by atoms with E-state index in [1.807, 2.05) is 6.92 Å². The average Bonchev–Trinajstić information content (AvgIpc) is 2.28. The van der Waals surface area contributed by atoms with Crippen LogP contribution < -0.4 is 10.6 Å². The van der Waals surface area contributed by atoms with Gasteiger partial charge in [-0.25, -0.2) is 4.39 Å². The van der Waals surface area contributed by atoms with Gasteiger partial charge in [0.25, 0.3) is 5.91 Å². The minimum absolute atomic E-state index is 0.0317. The number of hydrogen-bond acceptors (Lipinski definition) is 2. The summed E-state index contributed by atoms with van der Waals surface area (Å²) in [7, 11) is 1.79. The third-order valence-corrected chi connectivity index (χ3v) is 2.47. The Morgan fingerprint density at radius 2 is 2.25 bits per heavy atom. The predicted octanol–water partition coefficient (Wildman–Crippen LogP) is 1.82. The molecule has 0 spiro atoms. The highest BCUT2D eigenvalue weighted by atomic mass is 35.5. The van der Waals surface area contributed by atoms with Crippen LogP contribution in [0.4, 0.5) is 4.39 Å². The fraction of sp³-hybridized carbons (Fsp3) is 0.364. The molecule has 0 aromatic heterocycles. The van der Waals surface area contributed by atoms with E-state index in [1.54, 1.807) is 7.05 Å². The Bertz CT molecular complexity index is 384. The zero-order valence-corrected chi connectivity index (χ0v) is 9.94.